The molecule has 0 saturated carbocycles. The third-order valence-electron chi connectivity index (χ3n) is 2.39. The number of nitro groups is 1. The lowest BCUT2D eigenvalue weighted by Gasteiger charge is -2.07. The van der Waals surface area contributed by atoms with Crippen LogP contribution in [0.2, 0.25) is 0 Å². The van der Waals surface area contributed by atoms with Gasteiger partial charge in [-0.2, -0.15) is 0 Å². The normalized spacial score (nSPS) is 10.1. The van der Waals surface area contributed by atoms with E-state index in [1.165, 1.54) is 12.1 Å². The Balaban J connectivity index is 2.02. The van der Waals surface area contributed by atoms with Crippen LogP contribution in [-0.4, -0.2) is 9.91 Å². The van der Waals surface area contributed by atoms with E-state index < -0.39 is 4.92 Å². The summed E-state index contributed by atoms with van der Waals surface area (Å²) in [4.78, 5) is 14.2. The van der Waals surface area contributed by atoms with E-state index in [0.717, 1.165) is 15.9 Å². The molecule has 0 saturated heterocycles. The fourth-order valence-corrected chi connectivity index (χ4v) is 1.84. The van der Waals surface area contributed by atoms with Crippen LogP contribution in [0.25, 0.3) is 0 Å². The minimum atomic E-state index is -0.408. The Hall–Kier alpha value is -1.95. The highest BCUT2D eigenvalue weighted by Gasteiger charge is 2.04. The SMILES string of the molecule is O=[N+]([O-])c1ccc(CNc2cccnc2Br)cc1. The first-order valence-electron chi connectivity index (χ1n) is 5.24. The number of rotatable bonds is 4. The molecule has 2 rings (SSSR count). The van der Waals surface area contributed by atoms with Gasteiger partial charge in [0.05, 0.1) is 10.6 Å². The molecule has 5 nitrogen and oxygen atoms in total. The van der Waals surface area contributed by atoms with Crippen molar-refractivity contribution in [3.05, 3.63) is 62.9 Å². The van der Waals surface area contributed by atoms with Gasteiger partial charge < -0.3 is 5.32 Å². The summed E-state index contributed by atoms with van der Waals surface area (Å²) in [6.07, 6.45) is 1.70. The van der Waals surface area contributed by atoms with Crippen LogP contribution in [0.4, 0.5) is 11.4 Å². The maximum absolute atomic E-state index is 10.5. The van der Waals surface area contributed by atoms with E-state index in [9.17, 15) is 10.1 Å². The molecule has 18 heavy (non-hydrogen) atoms. The Morgan fingerprint density at radius 3 is 2.61 bits per heavy atom. The van der Waals surface area contributed by atoms with Gasteiger partial charge in [-0.15, -0.1) is 0 Å². The number of benzene rings is 1. The summed E-state index contributed by atoms with van der Waals surface area (Å²) in [7, 11) is 0. The van der Waals surface area contributed by atoms with Crippen LogP contribution in [0.5, 0.6) is 0 Å². The van der Waals surface area contributed by atoms with Gasteiger partial charge in [0.15, 0.2) is 0 Å². The first-order chi connectivity index (χ1) is 8.66. The van der Waals surface area contributed by atoms with Crippen molar-refractivity contribution in [1.29, 1.82) is 0 Å². The molecule has 1 heterocycles. The van der Waals surface area contributed by atoms with Crippen molar-refractivity contribution in [2.24, 2.45) is 0 Å². The molecular formula is C12H10BrN3O2. The maximum Gasteiger partial charge on any atom is 0.269 e. The average molecular weight is 308 g/mol. The van der Waals surface area contributed by atoms with Gasteiger partial charge >= 0.3 is 0 Å². The van der Waals surface area contributed by atoms with Crippen LogP contribution in [0.15, 0.2) is 47.2 Å². The number of nitro benzene ring substituents is 1. The minimum Gasteiger partial charge on any atom is -0.379 e. The second-order valence-electron chi connectivity index (χ2n) is 3.62. The van der Waals surface area contributed by atoms with Gasteiger partial charge in [0, 0.05) is 24.9 Å². The number of non-ortho nitro benzene ring substituents is 1. The molecule has 0 fully saturated rings. The average Bonchev–Trinajstić information content (AvgIpc) is 2.38. The van der Waals surface area contributed by atoms with E-state index in [0.29, 0.717) is 6.54 Å². The number of anilines is 1. The van der Waals surface area contributed by atoms with E-state index >= 15 is 0 Å². The molecule has 0 spiro atoms. The third-order valence-corrected chi connectivity index (χ3v) is 3.02. The molecule has 92 valence electrons. The van der Waals surface area contributed by atoms with Crippen LogP contribution in [0.1, 0.15) is 5.56 Å². The van der Waals surface area contributed by atoms with E-state index in [1.54, 1.807) is 18.3 Å². The molecule has 0 aliphatic heterocycles. The highest BCUT2D eigenvalue weighted by Crippen LogP contribution is 2.19. The van der Waals surface area contributed by atoms with Crippen LogP contribution >= 0.6 is 15.9 Å². The van der Waals surface area contributed by atoms with Gasteiger partial charge in [-0.05, 0) is 33.6 Å². The highest BCUT2D eigenvalue weighted by atomic mass is 79.9. The van der Waals surface area contributed by atoms with Gasteiger partial charge in [0.25, 0.3) is 5.69 Å². The topological polar surface area (TPSA) is 68.1 Å². The number of halogens is 1. The van der Waals surface area contributed by atoms with Crippen molar-refractivity contribution in [3.63, 3.8) is 0 Å². The lowest BCUT2D eigenvalue weighted by atomic mass is 10.2. The minimum absolute atomic E-state index is 0.0984. The Bertz CT molecular complexity index is 558. The van der Waals surface area contributed by atoms with Gasteiger partial charge in [0.1, 0.15) is 4.60 Å². The quantitative estimate of drug-likeness (QED) is 0.534. The molecule has 0 amide bonds. The first-order valence-corrected chi connectivity index (χ1v) is 6.04. The van der Waals surface area contributed by atoms with Crippen LogP contribution in [0.3, 0.4) is 0 Å². The Morgan fingerprint density at radius 1 is 1.28 bits per heavy atom. The van der Waals surface area contributed by atoms with Crippen molar-refractivity contribution in [3.8, 4) is 0 Å². The number of nitrogens with one attached hydrogen (secondary N) is 1. The summed E-state index contributed by atoms with van der Waals surface area (Å²) in [6.45, 7) is 0.586. The zero-order chi connectivity index (χ0) is 13.0. The Labute approximate surface area is 112 Å². The molecule has 0 unspecified atom stereocenters. The number of pyridine rings is 1. The monoisotopic (exact) mass is 307 g/mol. The Kier molecular flexibility index (Phi) is 3.88. The summed E-state index contributed by atoms with van der Waals surface area (Å²) >= 11 is 3.34. The smallest absolute Gasteiger partial charge is 0.269 e. The van der Waals surface area contributed by atoms with Crippen molar-refractivity contribution in [2.45, 2.75) is 6.54 Å². The fourth-order valence-electron chi connectivity index (χ4n) is 1.45. The van der Waals surface area contributed by atoms with Gasteiger partial charge in [-0.3, -0.25) is 10.1 Å². The van der Waals surface area contributed by atoms with E-state index in [4.69, 9.17) is 0 Å². The van der Waals surface area contributed by atoms with Crippen molar-refractivity contribution in [2.75, 3.05) is 5.32 Å². The van der Waals surface area contributed by atoms with Gasteiger partial charge in [-0.1, -0.05) is 12.1 Å². The summed E-state index contributed by atoms with van der Waals surface area (Å²) in [5, 5.41) is 13.7. The predicted octanol–water partition coefficient (Wildman–Crippen LogP) is 3.36. The maximum atomic E-state index is 10.5. The van der Waals surface area contributed by atoms with Crippen LogP contribution in [0, 0.1) is 10.1 Å². The summed E-state index contributed by atoms with van der Waals surface area (Å²) in [6, 6.07) is 10.2. The molecule has 1 aromatic heterocycles. The van der Waals surface area contributed by atoms with Crippen LogP contribution < -0.4 is 5.32 Å². The molecule has 0 aliphatic carbocycles. The van der Waals surface area contributed by atoms with Gasteiger partial charge in [0.2, 0.25) is 0 Å². The number of hydrogen-bond acceptors (Lipinski definition) is 4. The Morgan fingerprint density at radius 2 is 2.00 bits per heavy atom. The summed E-state index contributed by atoms with van der Waals surface area (Å²) in [5.74, 6) is 0. The molecule has 0 aliphatic rings. The van der Waals surface area contributed by atoms with E-state index in [2.05, 4.69) is 26.2 Å². The summed E-state index contributed by atoms with van der Waals surface area (Å²) in [5.41, 5.74) is 1.95. The number of nitrogens with zero attached hydrogens (tertiary/aromatic N) is 2. The molecule has 6 heteroatoms. The van der Waals surface area contributed by atoms with Crippen molar-refractivity contribution in [1.82, 2.24) is 4.98 Å². The largest absolute Gasteiger partial charge is 0.379 e. The second-order valence-corrected chi connectivity index (χ2v) is 4.37. The van der Waals surface area contributed by atoms with E-state index in [-0.39, 0.29) is 5.69 Å². The molecule has 0 bridgehead atoms. The lowest BCUT2D eigenvalue weighted by molar-refractivity contribution is -0.384. The lowest BCUT2D eigenvalue weighted by Crippen LogP contribution is -2.00. The predicted molar refractivity (Wildman–Crippen MR) is 72.4 cm³/mol. The zero-order valence-electron chi connectivity index (χ0n) is 9.34. The zero-order valence-corrected chi connectivity index (χ0v) is 10.9. The fraction of sp³-hybridized carbons (Fsp3) is 0.0833. The molecule has 1 aromatic carbocycles. The van der Waals surface area contributed by atoms with E-state index in [1.807, 2.05) is 12.1 Å². The highest BCUT2D eigenvalue weighted by molar-refractivity contribution is 9.10. The standard InChI is InChI=1S/C12H10BrN3O2/c13-12-11(2-1-7-14-12)15-8-9-3-5-10(6-4-9)16(17)18/h1-7,15H,8H2. The van der Waals surface area contributed by atoms with Gasteiger partial charge in [-0.25, -0.2) is 4.98 Å². The first kappa shape index (κ1) is 12.5. The van der Waals surface area contributed by atoms with Crippen molar-refractivity contribution < 1.29 is 4.92 Å². The molecular weight excluding hydrogens is 298 g/mol. The van der Waals surface area contributed by atoms with Crippen LogP contribution in [-0.2, 0) is 6.54 Å². The molecule has 0 radical (unpaired) electrons. The molecule has 0 atom stereocenters. The third kappa shape index (κ3) is 3.04. The molecule has 1 N–H and O–H groups in total. The summed E-state index contributed by atoms with van der Waals surface area (Å²) < 4.78 is 0.743. The second kappa shape index (κ2) is 5.59. The number of aromatic nitrogens is 1. The van der Waals surface area contributed by atoms with Crippen molar-refractivity contribution >= 4 is 27.3 Å². The number of hydrogen-bond donors (Lipinski definition) is 1. The molecule has 2 aromatic rings.